The van der Waals surface area contributed by atoms with Gasteiger partial charge in [-0.25, -0.2) is 0 Å². The molecular weight excluding hydrogens is 486 g/mol. The van der Waals surface area contributed by atoms with Gasteiger partial charge in [-0.3, -0.25) is 4.98 Å². The second kappa shape index (κ2) is 8.05. The molecule has 0 N–H and O–H groups in total. The van der Waals surface area contributed by atoms with Crippen molar-refractivity contribution in [1.29, 1.82) is 0 Å². The number of benzene rings is 6. The summed E-state index contributed by atoms with van der Waals surface area (Å²) in [5, 5.41) is 7.68. The van der Waals surface area contributed by atoms with Crippen LogP contribution in [0, 0.1) is 0 Å². The topological polar surface area (TPSA) is 22.8 Å². The maximum Gasteiger partial charge on any atom is 0.0553 e. The molecule has 3 heteroatoms. The van der Waals surface area contributed by atoms with Crippen molar-refractivity contribution in [1.82, 2.24) is 14.1 Å². The predicted octanol–water partition coefficient (Wildman–Crippen LogP) is 9.53. The van der Waals surface area contributed by atoms with Crippen molar-refractivity contribution in [2.45, 2.75) is 0 Å². The molecule has 9 aromatic rings. The van der Waals surface area contributed by atoms with Crippen molar-refractivity contribution in [3.05, 3.63) is 140 Å². The van der Waals surface area contributed by atoms with E-state index in [4.69, 9.17) is 0 Å². The molecule has 0 aliphatic heterocycles. The van der Waals surface area contributed by atoms with Crippen molar-refractivity contribution < 1.29 is 0 Å². The molecule has 3 heterocycles. The van der Waals surface area contributed by atoms with Gasteiger partial charge in [0.05, 0.1) is 22.1 Å². The summed E-state index contributed by atoms with van der Waals surface area (Å²) in [6.45, 7) is 0. The lowest BCUT2D eigenvalue weighted by Crippen LogP contribution is -1.95. The van der Waals surface area contributed by atoms with Gasteiger partial charge in [0.1, 0.15) is 0 Å². The Labute approximate surface area is 230 Å². The van der Waals surface area contributed by atoms with E-state index in [0.717, 1.165) is 0 Å². The molecule has 0 atom stereocenters. The fourth-order valence-electron chi connectivity index (χ4n) is 6.64. The van der Waals surface area contributed by atoms with Crippen LogP contribution in [0.5, 0.6) is 0 Å². The summed E-state index contributed by atoms with van der Waals surface area (Å²) in [6.07, 6.45) is 3.73. The Balaban J connectivity index is 1.39. The SMILES string of the molecule is c1ccc(-n2c3ccccc3c3cc(-n4c5cccc6ccc7cc(-c8ccncc8)cc4c7c65)ccc32)cc1. The summed E-state index contributed by atoms with van der Waals surface area (Å²) in [6, 6.07) is 46.3. The minimum atomic E-state index is 1.17. The number of para-hydroxylation sites is 2. The van der Waals surface area contributed by atoms with Crippen LogP contribution in [0.2, 0.25) is 0 Å². The maximum absolute atomic E-state index is 4.24. The summed E-state index contributed by atoms with van der Waals surface area (Å²) in [5.74, 6) is 0. The average molecular weight is 510 g/mol. The molecule has 0 fully saturated rings. The molecule has 0 spiro atoms. The second-order valence-electron chi connectivity index (χ2n) is 10.5. The number of fused-ring (bicyclic) bond motifs is 3. The molecule has 6 aromatic carbocycles. The van der Waals surface area contributed by atoms with Gasteiger partial charge in [0.25, 0.3) is 0 Å². The molecule has 3 nitrogen and oxygen atoms in total. The van der Waals surface area contributed by atoms with E-state index in [-0.39, 0.29) is 0 Å². The highest BCUT2D eigenvalue weighted by Crippen LogP contribution is 2.42. The largest absolute Gasteiger partial charge is 0.309 e. The van der Waals surface area contributed by atoms with Crippen LogP contribution in [0.15, 0.2) is 140 Å². The minimum absolute atomic E-state index is 1.17. The van der Waals surface area contributed by atoms with Gasteiger partial charge in [0.2, 0.25) is 0 Å². The number of hydrogen-bond acceptors (Lipinski definition) is 1. The zero-order chi connectivity index (χ0) is 26.2. The lowest BCUT2D eigenvalue weighted by atomic mass is 9.98. The minimum Gasteiger partial charge on any atom is -0.309 e. The van der Waals surface area contributed by atoms with Crippen LogP contribution in [0.3, 0.4) is 0 Å². The zero-order valence-electron chi connectivity index (χ0n) is 21.6. The van der Waals surface area contributed by atoms with E-state index in [1.807, 2.05) is 12.4 Å². The number of rotatable bonds is 3. The quantitative estimate of drug-likeness (QED) is 0.217. The summed E-state index contributed by atoms with van der Waals surface area (Å²) < 4.78 is 4.82. The highest BCUT2D eigenvalue weighted by atomic mass is 15.0. The van der Waals surface area contributed by atoms with E-state index in [1.54, 1.807) is 0 Å². The third-order valence-electron chi connectivity index (χ3n) is 8.34. The number of pyridine rings is 1. The Bertz CT molecular complexity index is 2360. The molecule has 3 aromatic heterocycles. The Morgan fingerprint density at radius 1 is 0.400 bits per heavy atom. The molecule has 0 amide bonds. The van der Waals surface area contributed by atoms with Crippen LogP contribution < -0.4 is 0 Å². The van der Waals surface area contributed by atoms with Crippen molar-refractivity contribution >= 4 is 54.4 Å². The van der Waals surface area contributed by atoms with Crippen molar-refractivity contribution in [2.75, 3.05) is 0 Å². The van der Waals surface area contributed by atoms with E-state index in [1.165, 1.54) is 76.9 Å². The average Bonchev–Trinajstić information content (AvgIpc) is 3.54. The monoisotopic (exact) mass is 509 g/mol. The second-order valence-corrected chi connectivity index (χ2v) is 10.5. The summed E-state index contributed by atoms with van der Waals surface area (Å²) in [5.41, 5.74) is 9.59. The lowest BCUT2D eigenvalue weighted by Gasteiger charge is -2.11. The molecule has 0 saturated heterocycles. The van der Waals surface area contributed by atoms with Crippen LogP contribution in [-0.2, 0) is 0 Å². The molecule has 0 unspecified atom stereocenters. The molecule has 186 valence electrons. The van der Waals surface area contributed by atoms with Crippen LogP contribution in [0.4, 0.5) is 0 Å². The molecule has 0 bridgehead atoms. The van der Waals surface area contributed by atoms with Gasteiger partial charge in [-0.05, 0) is 88.6 Å². The number of nitrogens with zero attached hydrogens (tertiary/aromatic N) is 3. The highest BCUT2D eigenvalue weighted by molar-refractivity contribution is 6.25. The van der Waals surface area contributed by atoms with E-state index in [2.05, 4.69) is 142 Å². The highest BCUT2D eigenvalue weighted by Gasteiger charge is 2.19. The summed E-state index contributed by atoms with van der Waals surface area (Å²) >= 11 is 0. The van der Waals surface area contributed by atoms with Gasteiger partial charge in [0, 0.05) is 45.3 Å². The predicted molar refractivity (Wildman–Crippen MR) is 167 cm³/mol. The normalized spacial score (nSPS) is 12.0. The lowest BCUT2D eigenvalue weighted by molar-refractivity contribution is 1.17. The van der Waals surface area contributed by atoms with E-state index in [0.29, 0.717) is 0 Å². The third-order valence-corrected chi connectivity index (χ3v) is 8.34. The van der Waals surface area contributed by atoms with Crippen LogP contribution >= 0.6 is 0 Å². The Kier molecular flexibility index (Phi) is 4.33. The first kappa shape index (κ1) is 21.5. The zero-order valence-corrected chi connectivity index (χ0v) is 21.6. The number of hydrogen-bond donors (Lipinski definition) is 0. The third kappa shape index (κ3) is 2.92. The van der Waals surface area contributed by atoms with Crippen molar-refractivity contribution in [3.63, 3.8) is 0 Å². The van der Waals surface area contributed by atoms with Gasteiger partial charge in [-0.1, -0.05) is 60.7 Å². The Hall–Kier alpha value is -5.41. The molecule has 0 aliphatic rings. The van der Waals surface area contributed by atoms with Crippen LogP contribution in [-0.4, -0.2) is 14.1 Å². The smallest absolute Gasteiger partial charge is 0.0553 e. The first-order chi connectivity index (χ1) is 19.8. The Morgan fingerprint density at radius 2 is 1.12 bits per heavy atom. The van der Waals surface area contributed by atoms with Crippen molar-refractivity contribution in [3.8, 4) is 22.5 Å². The molecule has 40 heavy (non-hydrogen) atoms. The number of aromatic nitrogens is 3. The van der Waals surface area contributed by atoms with Gasteiger partial charge >= 0.3 is 0 Å². The first-order valence-electron chi connectivity index (χ1n) is 13.6. The van der Waals surface area contributed by atoms with Crippen molar-refractivity contribution in [2.24, 2.45) is 0 Å². The Morgan fingerprint density at radius 3 is 2.02 bits per heavy atom. The maximum atomic E-state index is 4.24. The van der Waals surface area contributed by atoms with Gasteiger partial charge in [0.15, 0.2) is 0 Å². The van der Waals surface area contributed by atoms with Gasteiger partial charge in [-0.15, -0.1) is 0 Å². The summed E-state index contributed by atoms with van der Waals surface area (Å²) in [4.78, 5) is 4.24. The van der Waals surface area contributed by atoms with E-state index in [9.17, 15) is 0 Å². The fraction of sp³-hybridized carbons (Fsp3) is 0. The van der Waals surface area contributed by atoms with E-state index >= 15 is 0 Å². The fourth-order valence-corrected chi connectivity index (χ4v) is 6.64. The molecule has 0 saturated carbocycles. The molecule has 0 radical (unpaired) electrons. The van der Waals surface area contributed by atoms with Crippen LogP contribution in [0.25, 0.3) is 76.9 Å². The van der Waals surface area contributed by atoms with Crippen LogP contribution in [0.1, 0.15) is 0 Å². The molecule has 9 rings (SSSR count). The summed E-state index contributed by atoms with van der Waals surface area (Å²) in [7, 11) is 0. The van der Waals surface area contributed by atoms with Gasteiger partial charge in [-0.2, -0.15) is 0 Å². The molecule has 0 aliphatic carbocycles. The first-order valence-corrected chi connectivity index (χ1v) is 13.6. The standard InChI is InChI=1S/C37H23N3/c1-2-8-28(9-3-1)39-32-11-5-4-10-30(32)31-23-29(15-16-33(31)39)40-34-12-6-7-25-13-14-26-21-27(24-17-19-38-20-18-24)22-35(40)37(26)36(25)34/h1-23H. The van der Waals surface area contributed by atoms with Gasteiger partial charge < -0.3 is 9.13 Å². The van der Waals surface area contributed by atoms with E-state index < -0.39 is 0 Å². The molecular formula is C37H23N3.